The van der Waals surface area contributed by atoms with E-state index in [0.29, 0.717) is 11.9 Å². The third-order valence-corrected chi connectivity index (χ3v) is 6.97. The quantitative estimate of drug-likeness (QED) is 0.596. The van der Waals surface area contributed by atoms with Gasteiger partial charge in [0.25, 0.3) is 0 Å². The lowest BCUT2D eigenvalue weighted by molar-refractivity contribution is 0.203. The van der Waals surface area contributed by atoms with Crippen LogP contribution in [0.15, 0.2) is 10.7 Å². The molecule has 0 bridgehead atoms. The van der Waals surface area contributed by atoms with Gasteiger partial charge >= 0.3 is 0 Å². The Bertz CT molecular complexity index is 683. The maximum atomic E-state index is 12.3. The van der Waals surface area contributed by atoms with Crippen LogP contribution in [0.1, 0.15) is 38.5 Å². The van der Waals surface area contributed by atoms with E-state index in [1.165, 1.54) is 32.4 Å². The van der Waals surface area contributed by atoms with Gasteiger partial charge in [-0.05, 0) is 64.8 Å². The lowest BCUT2D eigenvalue weighted by atomic mass is 10.1. The van der Waals surface area contributed by atoms with Crippen molar-refractivity contribution in [2.24, 2.45) is 0 Å². The number of hydrogen-bond donors (Lipinski definition) is 1. The van der Waals surface area contributed by atoms with Crippen LogP contribution < -0.4 is 5.32 Å². The van der Waals surface area contributed by atoms with Crippen LogP contribution >= 0.6 is 24.8 Å². The molecule has 0 aliphatic carbocycles. The Hall–Kier alpha value is -0.720. The second-order valence-electron chi connectivity index (χ2n) is 7.95. The fourth-order valence-corrected chi connectivity index (χ4v) is 5.30. The number of rotatable bonds is 6. The van der Waals surface area contributed by atoms with Crippen LogP contribution in [-0.2, 0) is 9.84 Å². The molecule has 3 heterocycles. The number of halogens is 2. The van der Waals surface area contributed by atoms with Crippen LogP contribution in [0.25, 0.3) is 0 Å². The third-order valence-electron chi connectivity index (χ3n) is 5.96. The normalized spacial score (nSPS) is 23.2. The largest absolute Gasteiger partial charge is 0.355 e. The summed E-state index contributed by atoms with van der Waals surface area (Å²) < 4.78 is 24.6. The predicted octanol–water partition coefficient (Wildman–Crippen LogP) is 1.81. The van der Waals surface area contributed by atoms with Gasteiger partial charge in [-0.1, -0.05) is 6.42 Å². The minimum atomic E-state index is -3.54. The molecule has 0 atom stereocenters. The fourth-order valence-electron chi connectivity index (χ4n) is 4.55. The fraction of sp³-hybridized carbons (Fsp3) is 0.842. The molecule has 0 aromatic rings. The number of sulfone groups is 1. The molecule has 0 spiro atoms. The van der Waals surface area contributed by atoms with Crippen molar-refractivity contribution in [1.82, 2.24) is 20.0 Å². The highest BCUT2D eigenvalue weighted by atomic mass is 35.5. The highest BCUT2D eigenvalue weighted by molar-refractivity contribution is 7.94. The summed E-state index contributed by atoms with van der Waals surface area (Å²) in [5.41, 5.74) is 0. The molecule has 168 valence electrons. The summed E-state index contributed by atoms with van der Waals surface area (Å²) in [6.07, 6.45) is 8.05. The van der Waals surface area contributed by atoms with Crippen LogP contribution in [0.3, 0.4) is 0 Å². The first kappa shape index (κ1) is 26.3. The van der Waals surface area contributed by atoms with Crippen LogP contribution in [0, 0.1) is 11.3 Å². The molecule has 29 heavy (non-hydrogen) atoms. The van der Waals surface area contributed by atoms with E-state index in [1.54, 1.807) is 0 Å². The summed E-state index contributed by atoms with van der Waals surface area (Å²) in [6.45, 7) is 7.73. The SMILES string of the molecule is CS(=O)(=O)C(C#N)=C1N(CCCN2CCCCC2)CCN1C1CCNCC1.Cl.Cl. The highest BCUT2D eigenvalue weighted by Crippen LogP contribution is 2.29. The Morgan fingerprint density at radius 2 is 1.72 bits per heavy atom. The van der Waals surface area contributed by atoms with Gasteiger partial charge in [0.2, 0.25) is 0 Å². The van der Waals surface area contributed by atoms with E-state index in [2.05, 4.69) is 20.0 Å². The van der Waals surface area contributed by atoms with Crippen molar-refractivity contribution < 1.29 is 8.42 Å². The van der Waals surface area contributed by atoms with Crippen LogP contribution in [0.4, 0.5) is 0 Å². The number of piperidine rings is 2. The molecule has 3 aliphatic heterocycles. The van der Waals surface area contributed by atoms with Crippen LogP contribution in [0.5, 0.6) is 0 Å². The molecule has 0 unspecified atom stereocenters. The molecule has 0 saturated carbocycles. The maximum absolute atomic E-state index is 12.3. The average Bonchev–Trinajstić information content (AvgIpc) is 3.06. The summed E-state index contributed by atoms with van der Waals surface area (Å²) in [5.74, 6) is 0.658. The van der Waals surface area contributed by atoms with E-state index < -0.39 is 9.84 Å². The van der Waals surface area contributed by atoms with Crippen LogP contribution in [0.2, 0.25) is 0 Å². The molecule has 1 N–H and O–H groups in total. The summed E-state index contributed by atoms with van der Waals surface area (Å²) >= 11 is 0. The monoisotopic (exact) mass is 467 g/mol. The molecule has 3 fully saturated rings. The van der Waals surface area contributed by atoms with Gasteiger partial charge in [-0.15, -0.1) is 24.8 Å². The van der Waals surface area contributed by atoms with Crippen molar-refractivity contribution in [3.05, 3.63) is 10.7 Å². The van der Waals surface area contributed by atoms with Gasteiger partial charge in [-0.3, -0.25) is 0 Å². The number of hydrogen-bond acceptors (Lipinski definition) is 7. The van der Waals surface area contributed by atoms with Gasteiger partial charge in [0.15, 0.2) is 14.7 Å². The molecule has 3 aliphatic rings. The molecule has 7 nitrogen and oxygen atoms in total. The van der Waals surface area contributed by atoms with Gasteiger partial charge in [0, 0.05) is 31.9 Å². The van der Waals surface area contributed by atoms with Crippen molar-refractivity contribution in [3.63, 3.8) is 0 Å². The second-order valence-corrected chi connectivity index (χ2v) is 9.91. The molecule has 3 rings (SSSR count). The molecular formula is C19H35Cl2N5O2S. The first-order chi connectivity index (χ1) is 13.0. The van der Waals surface area contributed by atoms with Gasteiger partial charge in [-0.2, -0.15) is 5.26 Å². The Morgan fingerprint density at radius 3 is 2.31 bits per heavy atom. The van der Waals surface area contributed by atoms with Crippen molar-refractivity contribution >= 4 is 34.7 Å². The van der Waals surface area contributed by atoms with Gasteiger partial charge in [0.05, 0.1) is 0 Å². The molecular weight excluding hydrogens is 433 g/mol. The Morgan fingerprint density at radius 1 is 1.07 bits per heavy atom. The third kappa shape index (κ3) is 6.90. The zero-order valence-electron chi connectivity index (χ0n) is 17.3. The van der Waals surface area contributed by atoms with E-state index in [1.807, 2.05) is 6.07 Å². The smallest absolute Gasteiger partial charge is 0.189 e. The lowest BCUT2D eigenvalue weighted by Gasteiger charge is -2.35. The maximum Gasteiger partial charge on any atom is 0.189 e. The molecule has 10 heteroatoms. The topological polar surface area (TPSA) is 79.7 Å². The molecule has 0 amide bonds. The average molecular weight is 468 g/mol. The second kappa shape index (κ2) is 12.2. The first-order valence-electron chi connectivity index (χ1n) is 10.3. The van der Waals surface area contributed by atoms with E-state index in [0.717, 1.165) is 64.8 Å². The van der Waals surface area contributed by atoms with Crippen LogP contribution in [-0.4, -0.2) is 87.8 Å². The minimum Gasteiger partial charge on any atom is -0.355 e. The molecule has 0 aromatic carbocycles. The Kier molecular flexibility index (Phi) is 11.1. The zero-order chi connectivity index (χ0) is 19.3. The van der Waals surface area contributed by atoms with E-state index in [9.17, 15) is 13.7 Å². The Labute approximate surface area is 188 Å². The summed E-state index contributed by atoms with van der Waals surface area (Å²) in [7, 11) is -3.54. The van der Waals surface area contributed by atoms with Crippen molar-refractivity contribution in [2.45, 2.75) is 44.6 Å². The van der Waals surface area contributed by atoms with E-state index >= 15 is 0 Å². The number of nitrogens with one attached hydrogen (secondary N) is 1. The Balaban J connectivity index is 0.00000210. The molecule has 0 aromatic heterocycles. The highest BCUT2D eigenvalue weighted by Gasteiger charge is 2.36. The first-order valence-corrected chi connectivity index (χ1v) is 12.2. The summed E-state index contributed by atoms with van der Waals surface area (Å²) in [6, 6.07) is 2.32. The van der Waals surface area contributed by atoms with Crippen molar-refractivity contribution in [1.29, 1.82) is 5.26 Å². The molecule has 0 radical (unpaired) electrons. The minimum absolute atomic E-state index is 0. The van der Waals surface area contributed by atoms with E-state index in [4.69, 9.17) is 0 Å². The van der Waals surface area contributed by atoms with Gasteiger partial charge in [-0.25, -0.2) is 8.42 Å². The summed E-state index contributed by atoms with van der Waals surface area (Å²) in [5, 5.41) is 13.0. The number of allylic oxidation sites excluding steroid dienone is 1. The predicted molar refractivity (Wildman–Crippen MR) is 121 cm³/mol. The standard InChI is InChI=1S/C19H33N5O2S.2ClH/c1-27(25,26)18(16-20)19-23(13-5-12-22-10-3-2-4-11-22)14-15-24(19)17-6-8-21-9-7-17;;/h17,21H,2-15H2,1H3;2*1H. The van der Waals surface area contributed by atoms with E-state index in [-0.39, 0.29) is 29.7 Å². The number of nitrogens with zero attached hydrogens (tertiary/aromatic N) is 4. The van der Waals surface area contributed by atoms with Crippen molar-refractivity contribution in [2.75, 3.05) is 58.6 Å². The van der Waals surface area contributed by atoms with Gasteiger partial charge in [0.1, 0.15) is 11.9 Å². The lowest BCUT2D eigenvalue weighted by Crippen LogP contribution is -2.42. The van der Waals surface area contributed by atoms with Gasteiger partial charge < -0.3 is 20.0 Å². The number of nitriles is 1. The zero-order valence-corrected chi connectivity index (χ0v) is 19.8. The van der Waals surface area contributed by atoms with Crippen molar-refractivity contribution in [3.8, 4) is 6.07 Å². The number of likely N-dealkylation sites (tertiary alicyclic amines) is 1. The summed E-state index contributed by atoms with van der Waals surface area (Å²) in [4.78, 5) is 6.79. The molecule has 3 saturated heterocycles.